The van der Waals surface area contributed by atoms with Crippen molar-refractivity contribution >= 4 is 23.6 Å². The molecular formula is C31H45N3O5. The van der Waals surface area contributed by atoms with Gasteiger partial charge in [0.05, 0.1) is 0 Å². The monoisotopic (exact) mass is 539 g/mol. The molecule has 214 valence electrons. The number of unbranched alkanes of at least 4 members (excludes halogenated alkanes) is 4. The summed E-state index contributed by atoms with van der Waals surface area (Å²) >= 11 is 0. The van der Waals surface area contributed by atoms with Crippen LogP contribution < -0.4 is 10.6 Å². The van der Waals surface area contributed by atoms with Crippen molar-refractivity contribution in [3.63, 3.8) is 0 Å². The van der Waals surface area contributed by atoms with Gasteiger partial charge in [0, 0.05) is 17.8 Å². The molecule has 2 aromatic carbocycles. The lowest BCUT2D eigenvalue weighted by Crippen LogP contribution is -2.47. The summed E-state index contributed by atoms with van der Waals surface area (Å²) in [4.78, 5) is 41.3. The van der Waals surface area contributed by atoms with Gasteiger partial charge in [-0.25, -0.2) is 4.79 Å². The number of phenolic OH excluding ortho intramolecular Hbond substituents is 1. The first-order chi connectivity index (χ1) is 18.4. The van der Waals surface area contributed by atoms with Gasteiger partial charge in [-0.3, -0.25) is 9.59 Å². The first kappa shape index (κ1) is 31.7. The second-order valence-corrected chi connectivity index (χ2v) is 11.0. The quantitative estimate of drug-likeness (QED) is 0.274. The largest absolute Gasteiger partial charge is 0.507 e. The summed E-state index contributed by atoms with van der Waals surface area (Å²) in [5.74, 6) is -0.922. The second-order valence-electron chi connectivity index (χ2n) is 11.0. The van der Waals surface area contributed by atoms with Gasteiger partial charge in [0.15, 0.2) is 0 Å². The number of carbonyl (C=O) groups excluding carboxylic acids is 3. The molecule has 0 aliphatic carbocycles. The molecule has 0 aliphatic heterocycles. The van der Waals surface area contributed by atoms with E-state index in [0.717, 1.165) is 36.8 Å². The molecule has 0 radical (unpaired) electrons. The highest BCUT2D eigenvalue weighted by Gasteiger charge is 2.34. The maximum absolute atomic E-state index is 14.0. The molecule has 3 amide bonds. The van der Waals surface area contributed by atoms with Gasteiger partial charge in [-0.1, -0.05) is 69.0 Å². The van der Waals surface area contributed by atoms with E-state index >= 15 is 0 Å². The van der Waals surface area contributed by atoms with Crippen molar-refractivity contribution in [2.75, 3.05) is 18.4 Å². The molecule has 1 unspecified atom stereocenters. The Bertz CT molecular complexity index is 1120. The number of para-hydroxylation sites is 2. The SMILES string of the molecule is CCCCCCCN(C(=O)CNC(=O)OC(C)(C)C)C(C(=O)Nc1c(C)cccc1C)c1cccc(C)c1O. The molecular weight excluding hydrogens is 494 g/mol. The maximum Gasteiger partial charge on any atom is 0.408 e. The molecule has 0 saturated carbocycles. The van der Waals surface area contributed by atoms with E-state index in [2.05, 4.69) is 17.6 Å². The van der Waals surface area contributed by atoms with Crippen LogP contribution in [0.2, 0.25) is 0 Å². The molecule has 1 atom stereocenters. The lowest BCUT2D eigenvalue weighted by molar-refractivity contribution is -0.138. The molecule has 3 N–H and O–H groups in total. The predicted molar refractivity (Wildman–Crippen MR) is 155 cm³/mol. The van der Waals surface area contributed by atoms with Crippen LogP contribution in [0.1, 0.15) is 88.1 Å². The fraction of sp³-hybridized carbons (Fsp3) is 0.516. The number of benzene rings is 2. The number of aryl methyl sites for hydroxylation is 3. The summed E-state index contributed by atoms with van der Waals surface area (Å²) in [7, 11) is 0. The van der Waals surface area contributed by atoms with Gasteiger partial charge in [0.1, 0.15) is 23.9 Å². The first-order valence-corrected chi connectivity index (χ1v) is 13.8. The summed E-state index contributed by atoms with van der Waals surface area (Å²) in [6.07, 6.45) is 4.04. The van der Waals surface area contributed by atoms with E-state index in [1.807, 2.05) is 32.0 Å². The third-order valence-electron chi connectivity index (χ3n) is 6.46. The minimum Gasteiger partial charge on any atom is -0.507 e. The van der Waals surface area contributed by atoms with Gasteiger partial charge in [-0.2, -0.15) is 0 Å². The van der Waals surface area contributed by atoms with E-state index in [1.54, 1.807) is 45.9 Å². The number of nitrogens with zero attached hydrogens (tertiary/aromatic N) is 1. The summed E-state index contributed by atoms with van der Waals surface area (Å²) in [6.45, 7) is 12.9. The smallest absolute Gasteiger partial charge is 0.408 e. The Labute approximate surface area is 233 Å². The third kappa shape index (κ3) is 9.61. The zero-order valence-corrected chi connectivity index (χ0v) is 24.5. The lowest BCUT2D eigenvalue weighted by Gasteiger charge is -2.32. The molecule has 0 heterocycles. The van der Waals surface area contributed by atoms with Gasteiger partial charge in [0.25, 0.3) is 5.91 Å². The van der Waals surface area contributed by atoms with E-state index in [0.29, 0.717) is 23.2 Å². The summed E-state index contributed by atoms with van der Waals surface area (Å²) in [5, 5.41) is 16.5. The molecule has 0 spiro atoms. The number of rotatable bonds is 12. The van der Waals surface area contributed by atoms with Crippen LogP contribution in [0.25, 0.3) is 0 Å². The number of nitrogens with one attached hydrogen (secondary N) is 2. The summed E-state index contributed by atoms with van der Waals surface area (Å²) < 4.78 is 5.29. The first-order valence-electron chi connectivity index (χ1n) is 13.8. The van der Waals surface area contributed by atoms with Crippen LogP contribution in [0.15, 0.2) is 36.4 Å². The average molecular weight is 540 g/mol. The van der Waals surface area contributed by atoms with E-state index in [4.69, 9.17) is 4.74 Å². The lowest BCUT2D eigenvalue weighted by atomic mass is 9.98. The minimum atomic E-state index is -1.11. The number of anilines is 1. The molecule has 0 bridgehead atoms. The minimum absolute atomic E-state index is 0.0389. The number of hydrogen-bond donors (Lipinski definition) is 3. The van der Waals surface area contributed by atoms with Crippen LogP contribution in [-0.4, -0.2) is 46.6 Å². The highest BCUT2D eigenvalue weighted by Crippen LogP contribution is 2.33. The second kappa shape index (κ2) is 14.6. The van der Waals surface area contributed by atoms with Gasteiger partial charge in [-0.15, -0.1) is 0 Å². The van der Waals surface area contributed by atoms with Crippen molar-refractivity contribution in [3.05, 3.63) is 58.7 Å². The number of alkyl carbamates (subject to hydrolysis) is 1. The molecule has 8 heteroatoms. The highest BCUT2D eigenvalue weighted by atomic mass is 16.6. The molecule has 39 heavy (non-hydrogen) atoms. The van der Waals surface area contributed by atoms with Crippen LogP contribution in [0, 0.1) is 20.8 Å². The fourth-order valence-corrected chi connectivity index (χ4v) is 4.40. The Morgan fingerprint density at radius 1 is 0.923 bits per heavy atom. The topological polar surface area (TPSA) is 108 Å². The van der Waals surface area contributed by atoms with Crippen molar-refractivity contribution in [1.29, 1.82) is 0 Å². The maximum atomic E-state index is 14.0. The number of hydrogen-bond acceptors (Lipinski definition) is 5. The van der Waals surface area contributed by atoms with E-state index in [1.165, 1.54) is 4.90 Å². The molecule has 0 aromatic heterocycles. The van der Waals surface area contributed by atoms with Crippen molar-refractivity contribution in [2.24, 2.45) is 0 Å². The number of ether oxygens (including phenoxy) is 1. The van der Waals surface area contributed by atoms with Gasteiger partial charge in [0.2, 0.25) is 5.91 Å². The molecule has 2 rings (SSSR count). The number of phenols is 1. The van der Waals surface area contributed by atoms with E-state index in [9.17, 15) is 19.5 Å². The molecule has 0 saturated heterocycles. The van der Waals surface area contributed by atoms with Crippen LogP contribution in [0.3, 0.4) is 0 Å². The third-order valence-corrected chi connectivity index (χ3v) is 6.46. The normalized spacial score (nSPS) is 12.0. The Morgan fingerprint density at radius 2 is 1.51 bits per heavy atom. The number of carbonyl (C=O) groups is 3. The van der Waals surface area contributed by atoms with Crippen LogP contribution in [0.4, 0.5) is 10.5 Å². The van der Waals surface area contributed by atoms with Crippen LogP contribution in [-0.2, 0) is 14.3 Å². The summed E-state index contributed by atoms with van der Waals surface area (Å²) in [5.41, 5.74) is 2.66. The van der Waals surface area contributed by atoms with Gasteiger partial charge in [-0.05, 0) is 64.7 Å². The molecule has 8 nitrogen and oxygen atoms in total. The highest BCUT2D eigenvalue weighted by molar-refractivity contribution is 5.99. The Morgan fingerprint density at radius 3 is 2.13 bits per heavy atom. The van der Waals surface area contributed by atoms with Gasteiger partial charge >= 0.3 is 6.09 Å². The fourth-order valence-electron chi connectivity index (χ4n) is 4.40. The average Bonchev–Trinajstić information content (AvgIpc) is 2.85. The van der Waals surface area contributed by atoms with E-state index in [-0.39, 0.29) is 18.8 Å². The van der Waals surface area contributed by atoms with E-state index < -0.39 is 29.6 Å². The van der Waals surface area contributed by atoms with Crippen LogP contribution >= 0.6 is 0 Å². The van der Waals surface area contributed by atoms with Gasteiger partial charge < -0.3 is 25.4 Å². The Hall–Kier alpha value is -3.55. The zero-order chi connectivity index (χ0) is 29.2. The van der Waals surface area contributed by atoms with Crippen molar-refractivity contribution < 1.29 is 24.2 Å². The van der Waals surface area contributed by atoms with Crippen molar-refractivity contribution in [1.82, 2.24) is 10.2 Å². The summed E-state index contributed by atoms with van der Waals surface area (Å²) in [6, 6.07) is 9.79. The van der Waals surface area contributed by atoms with Crippen molar-refractivity contribution in [3.8, 4) is 5.75 Å². The Balaban J connectivity index is 2.46. The predicted octanol–water partition coefficient (Wildman–Crippen LogP) is 6.32. The zero-order valence-electron chi connectivity index (χ0n) is 24.5. The standard InChI is InChI=1S/C31H45N3O5/c1-8-9-10-11-12-19-34(25(35)20-32-30(38)39-31(5,6)7)27(24-18-14-17-23(4)28(24)36)29(37)33-26-21(2)15-13-16-22(26)3/h13-18,27,36H,8-12,19-20H2,1-7H3,(H,32,38)(H,33,37). The van der Waals surface area contributed by atoms with Crippen LogP contribution in [0.5, 0.6) is 5.75 Å². The molecule has 2 aromatic rings. The Kier molecular flexibility index (Phi) is 11.8. The molecule has 0 fully saturated rings. The number of aromatic hydroxyl groups is 1. The molecule has 0 aliphatic rings. The van der Waals surface area contributed by atoms with Crippen molar-refractivity contribution in [2.45, 2.75) is 92.2 Å². The number of amides is 3.